The molecular formula is C13H20ClN3O3. The van der Waals surface area contributed by atoms with E-state index in [4.69, 9.17) is 26.8 Å². The summed E-state index contributed by atoms with van der Waals surface area (Å²) in [6.45, 7) is 2.64. The van der Waals surface area contributed by atoms with Crippen LogP contribution in [0.2, 0.25) is 0 Å². The number of methoxy groups -OCH3 is 1. The summed E-state index contributed by atoms with van der Waals surface area (Å²) in [5.41, 5.74) is 4.89. The monoisotopic (exact) mass is 301 g/mol. The van der Waals surface area contributed by atoms with Gasteiger partial charge in [0, 0.05) is 31.8 Å². The highest BCUT2D eigenvalue weighted by atomic mass is 35.5. The first kappa shape index (κ1) is 15.5. The van der Waals surface area contributed by atoms with Crippen LogP contribution in [-0.4, -0.2) is 51.1 Å². The van der Waals surface area contributed by atoms with Crippen molar-refractivity contribution in [1.82, 2.24) is 10.6 Å². The van der Waals surface area contributed by atoms with Gasteiger partial charge in [0.25, 0.3) is 0 Å². The minimum atomic E-state index is -1.17. The second-order valence-corrected chi connectivity index (χ2v) is 5.30. The van der Waals surface area contributed by atoms with E-state index in [9.17, 15) is 4.79 Å². The highest BCUT2D eigenvalue weighted by Crippen LogP contribution is 2.27. The molecule has 0 radical (unpaired) electrons. The first-order valence-electron chi connectivity index (χ1n) is 6.56. The Morgan fingerprint density at radius 1 is 1.75 bits per heavy atom. The maximum absolute atomic E-state index is 12.3. The predicted molar refractivity (Wildman–Crippen MR) is 76.1 cm³/mol. The van der Waals surface area contributed by atoms with Crippen LogP contribution < -0.4 is 16.4 Å². The first-order valence-corrected chi connectivity index (χ1v) is 6.93. The molecule has 0 aromatic heterocycles. The molecule has 0 spiro atoms. The Kier molecular flexibility index (Phi) is 5.17. The molecule has 1 amide bonds. The topological polar surface area (TPSA) is 85.6 Å². The predicted octanol–water partition coefficient (Wildman–Crippen LogP) is -0.299. The zero-order chi connectivity index (χ0) is 14.6. The second-order valence-electron chi connectivity index (χ2n) is 4.86. The highest BCUT2D eigenvalue weighted by Gasteiger charge is 2.38. The summed E-state index contributed by atoms with van der Waals surface area (Å²) in [7, 11) is 1.46. The van der Waals surface area contributed by atoms with Gasteiger partial charge in [-0.3, -0.25) is 10.5 Å². The molecule has 7 heteroatoms. The number of hydrogen-bond donors (Lipinski definition) is 3. The summed E-state index contributed by atoms with van der Waals surface area (Å²) in [6, 6.07) is 0. The fraction of sp³-hybridized carbons (Fsp3) is 0.615. The van der Waals surface area contributed by atoms with E-state index in [1.165, 1.54) is 7.11 Å². The number of morpholine rings is 1. The molecule has 4 N–H and O–H groups in total. The molecule has 112 valence electrons. The van der Waals surface area contributed by atoms with Crippen LogP contribution in [0.5, 0.6) is 0 Å². The third kappa shape index (κ3) is 3.59. The fourth-order valence-corrected chi connectivity index (χ4v) is 2.40. The van der Waals surface area contributed by atoms with Gasteiger partial charge in [-0.25, -0.2) is 0 Å². The molecular weight excluding hydrogens is 282 g/mol. The standard InChI is InChI=1S/C13H20ClN3O3/c1-19-13(15)3-2-9(14)6-11(13)12(18)17-8-10-7-16-4-5-20-10/h2-3,6,10-11,16H,4-5,7-8,15H2,1H3,(H,17,18). The van der Waals surface area contributed by atoms with Gasteiger partial charge in [-0.05, 0) is 18.2 Å². The third-order valence-electron chi connectivity index (χ3n) is 3.46. The summed E-state index contributed by atoms with van der Waals surface area (Å²) in [5.74, 6) is -0.896. The van der Waals surface area contributed by atoms with Crippen molar-refractivity contribution in [2.45, 2.75) is 11.8 Å². The van der Waals surface area contributed by atoms with Crippen molar-refractivity contribution in [3.8, 4) is 0 Å². The fourth-order valence-electron chi connectivity index (χ4n) is 2.21. The largest absolute Gasteiger partial charge is 0.374 e. The maximum Gasteiger partial charge on any atom is 0.231 e. The maximum atomic E-state index is 12.3. The summed E-state index contributed by atoms with van der Waals surface area (Å²) in [4.78, 5) is 12.3. The zero-order valence-corrected chi connectivity index (χ0v) is 12.2. The van der Waals surface area contributed by atoms with Crippen LogP contribution in [0.4, 0.5) is 0 Å². The molecule has 1 fully saturated rings. The molecule has 3 atom stereocenters. The summed E-state index contributed by atoms with van der Waals surface area (Å²) in [5, 5.41) is 6.50. The Balaban J connectivity index is 1.94. The average Bonchev–Trinajstić information content (AvgIpc) is 2.48. The number of amides is 1. The Hall–Kier alpha value is -0.920. The van der Waals surface area contributed by atoms with E-state index in [0.29, 0.717) is 18.2 Å². The van der Waals surface area contributed by atoms with Crippen molar-refractivity contribution in [1.29, 1.82) is 0 Å². The molecule has 0 aromatic carbocycles. The van der Waals surface area contributed by atoms with Crippen molar-refractivity contribution in [2.24, 2.45) is 11.7 Å². The van der Waals surface area contributed by atoms with Gasteiger partial charge in [-0.1, -0.05) is 11.6 Å². The van der Waals surface area contributed by atoms with E-state index in [1.54, 1.807) is 18.2 Å². The van der Waals surface area contributed by atoms with E-state index < -0.39 is 11.6 Å². The van der Waals surface area contributed by atoms with E-state index in [0.717, 1.165) is 13.1 Å². The van der Waals surface area contributed by atoms with E-state index in [1.807, 2.05) is 0 Å². The van der Waals surface area contributed by atoms with Gasteiger partial charge >= 0.3 is 0 Å². The van der Waals surface area contributed by atoms with Gasteiger partial charge < -0.3 is 20.1 Å². The number of rotatable bonds is 4. The average molecular weight is 302 g/mol. The SMILES string of the molecule is COC1(N)C=CC(Cl)=CC1C(=O)NCC1CNCCO1. The van der Waals surface area contributed by atoms with Crippen LogP contribution in [0, 0.1) is 5.92 Å². The normalized spacial score (nSPS) is 33.6. The van der Waals surface area contributed by atoms with Gasteiger partial charge in [0.2, 0.25) is 5.91 Å². The van der Waals surface area contributed by atoms with Crippen LogP contribution in [0.3, 0.4) is 0 Å². The van der Waals surface area contributed by atoms with Gasteiger partial charge in [-0.15, -0.1) is 0 Å². The molecule has 1 aliphatic carbocycles. The van der Waals surface area contributed by atoms with Crippen molar-refractivity contribution >= 4 is 17.5 Å². The van der Waals surface area contributed by atoms with Gasteiger partial charge in [0.1, 0.15) is 5.92 Å². The number of allylic oxidation sites excluding steroid dienone is 2. The Bertz CT molecular complexity index is 421. The minimum absolute atomic E-state index is 0.0268. The third-order valence-corrected chi connectivity index (χ3v) is 3.71. The molecule has 1 aliphatic heterocycles. The molecule has 0 saturated carbocycles. The Morgan fingerprint density at radius 3 is 3.20 bits per heavy atom. The summed E-state index contributed by atoms with van der Waals surface area (Å²) < 4.78 is 10.8. The molecule has 1 saturated heterocycles. The van der Waals surface area contributed by atoms with Crippen molar-refractivity contribution in [3.05, 3.63) is 23.3 Å². The number of nitrogens with two attached hydrogens (primary N) is 1. The smallest absolute Gasteiger partial charge is 0.231 e. The lowest BCUT2D eigenvalue weighted by Crippen LogP contribution is -2.55. The van der Waals surface area contributed by atoms with Crippen LogP contribution >= 0.6 is 11.6 Å². The van der Waals surface area contributed by atoms with E-state index >= 15 is 0 Å². The molecule has 2 rings (SSSR count). The second kappa shape index (κ2) is 6.69. The van der Waals surface area contributed by atoms with Crippen LogP contribution in [-0.2, 0) is 14.3 Å². The molecule has 0 aromatic rings. The molecule has 0 bridgehead atoms. The number of ether oxygens (including phenoxy) is 2. The van der Waals surface area contributed by atoms with Crippen LogP contribution in [0.15, 0.2) is 23.3 Å². The number of carbonyl (C=O) groups excluding carboxylic acids is 1. The van der Waals surface area contributed by atoms with Crippen molar-refractivity contribution in [2.75, 3.05) is 33.4 Å². The first-order chi connectivity index (χ1) is 9.55. The van der Waals surface area contributed by atoms with Crippen LogP contribution in [0.25, 0.3) is 0 Å². The summed E-state index contributed by atoms with van der Waals surface area (Å²) in [6.07, 6.45) is 4.79. The Labute approximate surface area is 123 Å². The molecule has 20 heavy (non-hydrogen) atoms. The number of hydrogen-bond acceptors (Lipinski definition) is 5. The lowest BCUT2D eigenvalue weighted by atomic mass is 9.90. The van der Waals surface area contributed by atoms with Crippen molar-refractivity contribution in [3.63, 3.8) is 0 Å². The lowest BCUT2D eigenvalue weighted by Gasteiger charge is -2.33. The molecule has 1 heterocycles. The van der Waals surface area contributed by atoms with Crippen LogP contribution in [0.1, 0.15) is 0 Å². The zero-order valence-electron chi connectivity index (χ0n) is 11.4. The Morgan fingerprint density at radius 2 is 2.55 bits per heavy atom. The lowest BCUT2D eigenvalue weighted by molar-refractivity contribution is -0.131. The van der Waals surface area contributed by atoms with E-state index in [2.05, 4.69) is 10.6 Å². The highest BCUT2D eigenvalue weighted by molar-refractivity contribution is 6.31. The number of halogens is 1. The molecule has 6 nitrogen and oxygen atoms in total. The van der Waals surface area contributed by atoms with Gasteiger partial charge in [-0.2, -0.15) is 0 Å². The minimum Gasteiger partial charge on any atom is -0.374 e. The number of carbonyl (C=O) groups is 1. The van der Waals surface area contributed by atoms with E-state index in [-0.39, 0.29) is 12.0 Å². The van der Waals surface area contributed by atoms with Gasteiger partial charge in [0.05, 0.1) is 12.7 Å². The number of nitrogens with one attached hydrogen (secondary N) is 2. The molecule has 3 unspecified atom stereocenters. The van der Waals surface area contributed by atoms with Crippen molar-refractivity contribution < 1.29 is 14.3 Å². The quantitative estimate of drug-likeness (QED) is 0.621. The molecule has 2 aliphatic rings. The summed E-state index contributed by atoms with van der Waals surface area (Å²) >= 11 is 5.94. The van der Waals surface area contributed by atoms with Gasteiger partial charge in [0.15, 0.2) is 5.72 Å².